The minimum atomic E-state index is 0.292. The van der Waals surface area contributed by atoms with E-state index in [1.54, 1.807) is 0 Å². The van der Waals surface area contributed by atoms with E-state index in [2.05, 4.69) is 112 Å². The van der Waals surface area contributed by atoms with Crippen LogP contribution in [-0.4, -0.2) is 11.8 Å². The molecule has 0 spiro atoms. The van der Waals surface area contributed by atoms with Crippen molar-refractivity contribution in [3.05, 3.63) is 101 Å². The lowest BCUT2D eigenvalue weighted by Crippen LogP contribution is -2.18. The van der Waals surface area contributed by atoms with Crippen LogP contribution in [0.5, 0.6) is 0 Å². The fraction of sp³-hybridized carbons (Fsp3) is 0.333. The van der Waals surface area contributed by atoms with Gasteiger partial charge in [-0.05, 0) is 66.5 Å². The summed E-state index contributed by atoms with van der Waals surface area (Å²) in [5.74, 6) is 0.571. The third kappa shape index (κ3) is 4.76. The standard InChI is InChI=1S/C30H33NS2/c1-5-31-25-13-7-9-15-27(25)33-29(31)16-10-11-22-17-23(20-30(3,4)19-22)18-28-21(2)24-12-6-8-14-26(24)32-28/h6-18,21,28H,5,19-20H2,1-4H3/b11-10+,23-18?,29-16-. The van der Waals surface area contributed by atoms with Crippen molar-refractivity contribution in [3.63, 3.8) is 0 Å². The van der Waals surface area contributed by atoms with Crippen molar-refractivity contribution in [1.29, 1.82) is 0 Å². The van der Waals surface area contributed by atoms with Gasteiger partial charge in [-0.2, -0.15) is 0 Å². The molecule has 0 N–H and O–H groups in total. The van der Waals surface area contributed by atoms with Crippen molar-refractivity contribution < 1.29 is 0 Å². The van der Waals surface area contributed by atoms with Gasteiger partial charge in [-0.15, -0.1) is 11.8 Å². The predicted octanol–water partition coefficient (Wildman–Crippen LogP) is 8.97. The van der Waals surface area contributed by atoms with Crippen LogP contribution in [0.25, 0.3) is 0 Å². The molecule has 0 aromatic heterocycles. The minimum absolute atomic E-state index is 0.292. The van der Waals surface area contributed by atoms with Crippen LogP contribution in [0.3, 0.4) is 0 Å². The van der Waals surface area contributed by atoms with E-state index in [1.165, 1.54) is 37.2 Å². The number of nitrogens with zero attached hydrogens (tertiary/aromatic N) is 1. The summed E-state index contributed by atoms with van der Waals surface area (Å²) in [6.45, 7) is 10.4. The number of fused-ring (bicyclic) bond motifs is 2. The van der Waals surface area contributed by atoms with Crippen LogP contribution in [0.1, 0.15) is 52.0 Å². The molecule has 0 bridgehead atoms. The van der Waals surface area contributed by atoms with Crippen molar-refractivity contribution >= 4 is 29.2 Å². The number of benzene rings is 2. The van der Waals surface area contributed by atoms with Gasteiger partial charge in [0.15, 0.2) is 0 Å². The first kappa shape index (κ1) is 22.7. The summed E-state index contributed by atoms with van der Waals surface area (Å²) in [5, 5.41) is 1.84. The van der Waals surface area contributed by atoms with Crippen LogP contribution < -0.4 is 4.90 Å². The fourth-order valence-electron chi connectivity index (χ4n) is 5.26. The van der Waals surface area contributed by atoms with E-state index in [4.69, 9.17) is 0 Å². The summed E-state index contributed by atoms with van der Waals surface area (Å²) in [7, 11) is 0. The topological polar surface area (TPSA) is 3.24 Å². The lowest BCUT2D eigenvalue weighted by molar-refractivity contribution is 0.354. The highest BCUT2D eigenvalue weighted by Crippen LogP contribution is 2.48. The van der Waals surface area contributed by atoms with Gasteiger partial charge in [0.2, 0.25) is 0 Å². The molecule has 0 saturated heterocycles. The molecule has 5 rings (SSSR count). The Bertz CT molecular complexity index is 1170. The molecular formula is C30H33NS2. The molecule has 1 aliphatic carbocycles. The number of hydrogen-bond donors (Lipinski definition) is 0. The highest BCUT2D eigenvalue weighted by molar-refractivity contribution is 8.03. The van der Waals surface area contributed by atoms with Crippen molar-refractivity contribution in [2.24, 2.45) is 5.41 Å². The molecule has 2 aliphatic heterocycles. The molecule has 0 amide bonds. The molecule has 1 nitrogen and oxygen atoms in total. The van der Waals surface area contributed by atoms with E-state index in [0.29, 0.717) is 16.6 Å². The van der Waals surface area contributed by atoms with Gasteiger partial charge >= 0.3 is 0 Å². The van der Waals surface area contributed by atoms with Crippen LogP contribution in [0.4, 0.5) is 5.69 Å². The zero-order chi connectivity index (χ0) is 23.0. The molecule has 2 unspecified atom stereocenters. The second kappa shape index (κ2) is 9.27. The van der Waals surface area contributed by atoms with Crippen LogP contribution in [0, 0.1) is 5.41 Å². The van der Waals surface area contributed by atoms with Crippen LogP contribution in [0.15, 0.2) is 105 Å². The Kier molecular flexibility index (Phi) is 6.37. The molecule has 2 heterocycles. The molecule has 3 heteroatoms. The number of hydrogen-bond acceptors (Lipinski definition) is 3. The van der Waals surface area contributed by atoms with Gasteiger partial charge in [0.05, 0.1) is 10.7 Å². The van der Waals surface area contributed by atoms with Gasteiger partial charge in [-0.1, -0.05) is 92.7 Å². The highest BCUT2D eigenvalue weighted by Gasteiger charge is 2.30. The Morgan fingerprint density at radius 2 is 1.79 bits per heavy atom. The van der Waals surface area contributed by atoms with Gasteiger partial charge in [0.1, 0.15) is 0 Å². The number of allylic oxidation sites excluding steroid dienone is 6. The average Bonchev–Trinajstić information content (AvgIpc) is 3.30. The van der Waals surface area contributed by atoms with E-state index in [-0.39, 0.29) is 0 Å². The van der Waals surface area contributed by atoms with Gasteiger partial charge in [-0.3, -0.25) is 0 Å². The smallest absolute Gasteiger partial charge is 0.0801 e. The monoisotopic (exact) mass is 471 g/mol. The number of thioether (sulfide) groups is 2. The summed E-state index contributed by atoms with van der Waals surface area (Å²) in [5.41, 5.74) is 6.06. The van der Waals surface area contributed by atoms with Crippen LogP contribution >= 0.6 is 23.5 Å². The molecule has 0 fully saturated rings. The maximum absolute atomic E-state index is 2.55. The largest absolute Gasteiger partial charge is 0.335 e. The third-order valence-electron chi connectivity index (χ3n) is 6.78. The van der Waals surface area contributed by atoms with Crippen molar-refractivity contribution in [2.75, 3.05) is 11.4 Å². The highest BCUT2D eigenvalue weighted by atomic mass is 32.2. The summed E-state index contributed by atoms with van der Waals surface area (Å²) in [4.78, 5) is 5.21. The zero-order valence-electron chi connectivity index (χ0n) is 20.0. The van der Waals surface area contributed by atoms with Gasteiger partial charge in [-0.25, -0.2) is 0 Å². The lowest BCUT2D eigenvalue weighted by atomic mass is 9.74. The second-order valence-corrected chi connectivity index (χ2v) is 12.3. The first-order valence-electron chi connectivity index (χ1n) is 12.0. The first-order chi connectivity index (χ1) is 15.9. The van der Waals surface area contributed by atoms with E-state index >= 15 is 0 Å². The molecule has 0 saturated carbocycles. The summed E-state index contributed by atoms with van der Waals surface area (Å²) in [6, 6.07) is 17.6. The molecule has 2 atom stereocenters. The number of anilines is 1. The Morgan fingerprint density at radius 1 is 1.03 bits per heavy atom. The van der Waals surface area contributed by atoms with E-state index in [0.717, 1.165) is 19.4 Å². The van der Waals surface area contributed by atoms with Crippen molar-refractivity contribution in [1.82, 2.24) is 0 Å². The number of para-hydroxylation sites is 1. The zero-order valence-corrected chi connectivity index (χ0v) is 21.7. The lowest BCUT2D eigenvalue weighted by Gasteiger charge is -2.31. The summed E-state index contributed by atoms with van der Waals surface area (Å²) in [6.07, 6.45) is 14.1. The molecular weight excluding hydrogens is 438 g/mol. The Balaban J connectivity index is 1.36. The third-order valence-corrected chi connectivity index (χ3v) is 9.35. The molecule has 0 radical (unpaired) electrons. The van der Waals surface area contributed by atoms with Crippen LogP contribution in [-0.2, 0) is 0 Å². The molecule has 170 valence electrons. The Hall–Kier alpha value is -2.10. The Morgan fingerprint density at radius 3 is 2.58 bits per heavy atom. The quantitative estimate of drug-likeness (QED) is 0.438. The molecule has 3 aliphatic rings. The van der Waals surface area contributed by atoms with Crippen molar-refractivity contribution in [3.8, 4) is 0 Å². The van der Waals surface area contributed by atoms with Gasteiger partial charge in [0.25, 0.3) is 0 Å². The molecule has 33 heavy (non-hydrogen) atoms. The van der Waals surface area contributed by atoms with Crippen molar-refractivity contribution in [2.45, 2.75) is 61.5 Å². The van der Waals surface area contributed by atoms with Crippen LogP contribution in [0.2, 0.25) is 0 Å². The van der Waals surface area contributed by atoms with Gasteiger partial charge in [0, 0.05) is 21.6 Å². The maximum Gasteiger partial charge on any atom is 0.0801 e. The predicted molar refractivity (Wildman–Crippen MR) is 146 cm³/mol. The molecule has 2 aromatic carbocycles. The van der Waals surface area contributed by atoms with E-state index < -0.39 is 0 Å². The minimum Gasteiger partial charge on any atom is -0.335 e. The Labute approximate surface area is 207 Å². The maximum atomic E-state index is 2.55. The van der Waals surface area contributed by atoms with Gasteiger partial charge < -0.3 is 4.90 Å². The summed E-state index contributed by atoms with van der Waals surface area (Å²) >= 11 is 3.90. The van der Waals surface area contributed by atoms with E-state index in [9.17, 15) is 0 Å². The average molecular weight is 472 g/mol. The fourth-order valence-corrected chi connectivity index (χ4v) is 7.83. The SMILES string of the molecule is CCN1/C(=C/C=C/C2=CC(=CC3Sc4ccccc4C3C)CC(C)(C)C2)Sc2ccccc21. The first-order valence-corrected chi connectivity index (χ1v) is 13.7. The number of rotatable bonds is 4. The second-order valence-electron chi connectivity index (χ2n) is 10.1. The molecule has 2 aromatic rings. The normalized spacial score (nSPS) is 26.2. The summed E-state index contributed by atoms with van der Waals surface area (Å²) < 4.78 is 0. The van der Waals surface area contributed by atoms with E-state index in [1.807, 2.05) is 23.5 Å².